The zero-order chi connectivity index (χ0) is 12.3. The summed E-state index contributed by atoms with van der Waals surface area (Å²) in [5.74, 6) is -6.53. The van der Waals surface area contributed by atoms with Gasteiger partial charge in [0, 0.05) is 5.54 Å². The van der Waals surface area contributed by atoms with Crippen molar-refractivity contribution >= 4 is 5.91 Å². The third kappa shape index (κ3) is 3.35. The molecule has 0 aromatic rings. The first-order valence-electron chi connectivity index (χ1n) is 4.68. The molecule has 0 spiro atoms. The summed E-state index contributed by atoms with van der Waals surface area (Å²) < 4.78 is 48.8. The van der Waals surface area contributed by atoms with Crippen LogP contribution in [0.25, 0.3) is 0 Å². The van der Waals surface area contributed by atoms with Gasteiger partial charge >= 0.3 is 12.3 Å². The molecular formula is C9H15F4NO. The van der Waals surface area contributed by atoms with E-state index in [0.29, 0.717) is 12.8 Å². The minimum absolute atomic E-state index is 0.397. The number of carbonyl (C=O) groups excluding carboxylic acids is 1. The van der Waals surface area contributed by atoms with E-state index in [0.717, 1.165) is 0 Å². The van der Waals surface area contributed by atoms with Crippen LogP contribution < -0.4 is 5.32 Å². The second kappa shape index (κ2) is 4.81. The molecule has 6 heteroatoms. The van der Waals surface area contributed by atoms with E-state index in [4.69, 9.17) is 0 Å². The van der Waals surface area contributed by atoms with Gasteiger partial charge in [-0.25, -0.2) is 8.78 Å². The lowest BCUT2D eigenvalue weighted by Gasteiger charge is -2.30. The maximum Gasteiger partial charge on any atom is 0.383 e. The quantitative estimate of drug-likeness (QED) is 0.721. The second-order valence-corrected chi connectivity index (χ2v) is 3.65. The van der Waals surface area contributed by atoms with Crippen LogP contribution in [0.3, 0.4) is 0 Å². The number of hydrogen-bond donors (Lipinski definition) is 1. The van der Waals surface area contributed by atoms with Crippen LogP contribution in [0.15, 0.2) is 0 Å². The maximum atomic E-state index is 12.6. The third-order valence-corrected chi connectivity index (χ3v) is 2.55. The number of nitrogens with one attached hydrogen (secondary N) is 1. The molecule has 15 heavy (non-hydrogen) atoms. The van der Waals surface area contributed by atoms with Gasteiger partial charge in [0.25, 0.3) is 5.91 Å². The molecule has 0 saturated heterocycles. The Morgan fingerprint density at radius 2 is 1.67 bits per heavy atom. The number of hydrogen-bond acceptors (Lipinski definition) is 1. The van der Waals surface area contributed by atoms with Crippen molar-refractivity contribution in [3.63, 3.8) is 0 Å². The highest BCUT2D eigenvalue weighted by Gasteiger charge is 2.50. The number of halogens is 4. The van der Waals surface area contributed by atoms with Gasteiger partial charge in [0.05, 0.1) is 0 Å². The van der Waals surface area contributed by atoms with Crippen molar-refractivity contribution in [3.05, 3.63) is 0 Å². The van der Waals surface area contributed by atoms with Crippen molar-refractivity contribution in [3.8, 4) is 0 Å². The first kappa shape index (κ1) is 14.2. The molecule has 0 rings (SSSR count). The van der Waals surface area contributed by atoms with E-state index in [2.05, 4.69) is 0 Å². The topological polar surface area (TPSA) is 29.1 Å². The van der Waals surface area contributed by atoms with E-state index in [9.17, 15) is 22.4 Å². The second-order valence-electron chi connectivity index (χ2n) is 3.65. The summed E-state index contributed by atoms with van der Waals surface area (Å²) in [7, 11) is 0. The van der Waals surface area contributed by atoms with Gasteiger partial charge in [0.2, 0.25) is 0 Å². The number of carbonyl (C=O) groups is 1. The Morgan fingerprint density at radius 1 is 1.27 bits per heavy atom. The first-order chi connectivity index (χ1) is 6.69. The highest BCUT2D eigenvalue weighted by molar-refractivity contribution is 5.84. The Bertz CT molecular complexity index is 226. The fraction of sp³-hybridized carbons (Fsp3) is 0.889. The van der Waals surface area contributed by atoms with E-state index in [1.165, 1.54) is 6.92 Å². The highest BCUT2D eigenvalue weighted by atomic mass is 19.3. The average Bonchev–Trinajstić information content (AvgIpc) is 2.17. The molecule has 0 aliphatic rings. The molecule has 2 nitrogen and oxygen atoms in total. The summed E-state index contributed by atoms with van der Waals surface area (Å²) >= 11 is 0. The molecule has 0 aromatic heterocycles. The summed E-state index contributed by atoms with van der Waals surface area (Å²) in [5.41, 5.74) is -0.866. The lowest BCUT2D eigenvalue weighted by molar-refractivity contribution is -0.171. The van der Waals surface area contributed by atoms with Gasteiger partial charge in [-0.05, 0) is 19.8 Å². The largest absolute Gasteiger partial charge is 0.383 e. The van der Waals surface area contributed by atoms with Crippen molar-refractivity contribution < 1.29 is 22.4 Å². The molecule has 0 heterocycles. The van der Waals surface area contributed by atoms with Gasteiger partial charge in [-0.1, -0.05) is 13.8 Å². The molecule has 0 atom stereocenters. The molecule has 0 radical (unpaired) electrons. The zero-order valence-electron chi connectivity index (χ0n) is 8.91. The van der Waals surface area contributed by atoms with Crippen LogP contribution >= 0.6 is 0 Å². The van der Waals surface area contributed by atoms with Crippen LogP contribution in [-0.2, 0) is 4.79 Å². The van der Waals surface area contributed by atoms with Gasteiger partial charge in [0.1, 0.15) is 0 Å². The summed E-state index contributed by atoms with van der Waals surface area (Å²) in [6, 6.07) is 0. The summed E-state index contributed by atoms with van der Waals surface area (Å²) in [4.78, 5) is 10.9. The van der Waals surface area contributed by atoms with Gasteiger partial charge in [-0.2, -0.15) is 8.78 Å². The van der Waals surface area contributed by atoms with Crippen LogP contribution in [0.1, 0.15) is 33.6 Å². The Hall–Kier alpha value is -0.810. The maximum absolute atomic E-state index is 12.6. The van der Waals surface area contributed by atoms with Crippen molar-refractivity contribution in [2.75, 3.05) is 0 Å². The summed E-state index contributed by atoms with van der Waals surface area (Å²) in [5, 5.41) is 1.95. The molecule has 1 N–H and O–H groups in total. The molecule has 0 aromatic carbocycles. The van der Waals surface area contributed by atoms with Crippen molar-refractivity contribution in [2.24, 2.45) is 0 Å². The summed E-state index contributed by atoms with van der Waals surface area (Å²) in [6.07, 6.45) is -3.18. The van der Waals surface area contributed by atoms with Gasteiger partial charge in [-0.15, -0.1) is 0 Å². The van der Waals surface area contributed by atoms with Gasteiger partial charge < -0.3 is 5.32 Å². The Morgan fingerprint density at radius 3 is 1.93 bits per heavy atom. The van der Waals surface area contributed by atoms with Crippen LogP contribution in [-0.4, -0.2) is 23.8 Å². The van der Waals surface area contributed by atoms with Gasteiger partial charge in [-0.3, -0.25) is 4.79 Å². The monoisotopic (exact) mass is 229 g/mol. The standard InChI is InChI=1S/C9H15F4NO/c1-4-8(3,5-2)14-7(15)9(12,13)6(10)11/h6H,4-5H2,1-3H3,(H,14,15). The van der Waals surface area contributed by atoms with E-state index in [1.807, 2.05) is 5.32 Å². The Balaban J connectivity index is 4.62. The molecule has 0 aliphatic carbocycles. The molecule has 1 amide bonds. The molecule has 0 unspecified atom stereocenters. The minimum Gasteiger partial charge on any atom is -0.346 e. The van der Waals surface area contributed by atoms with Crippen LogP contribution in [0.2, 0.25) is 0 Å². The van der Waals surface area contributed by atoms with E-state index in [-0.39, 0.29) is 0 Å². The predicted octanol–water partition coefficient (Wildman–Crippen LogP) is 2.58. The lowest BCUT2D eigenvalue weighted by atomic mass is 9.95. The van der Waals surface area contributed by atoms with E-state index in [1.54, 1.807) is 13.8 Å². The van der Waals surface area contributed by atoms with E-state index >= 15 is 0 Å². The van der Waals surface area contributed by atoms with Gasteiger partial charge in [0.15, 0.2) is 0 Å². The molecule has 0 bridgehead atoms. The van der Waals surface area contributed by atoms with Crippen molar-refractivity contribution in [2.45, 2.75) is 51.5 Å². The SMILES string of the molecule is CCC(C)(CC)NC(=O)C(F)(F)C(F)F. The zero-order valence-corrected chi connectivity index (χ0v) is 8.91. The number of alkyl halides is 4. The first-order valence-corrected chi connectivity index (χ1v) is 4.68. The fourth-order valence-electron chi connectivity index (χ4n) is 0.883. The third-order valence-electron chi connectivity index (χ3n) is 2.55. The Labute approximate surface area is 86.0 Å². The average molecular weight is 229 g/mol. The predicted molar refractivity (Wildman–Crippen MR) is 48.1 cm³/mol. The van der Waals surface area contributed by atoms with Crippen LogP contribution in [0.4, 0.5) is 17.6 Å². The number of amides is 1. The summed E-state index contributed by atoms with van der Waals surface area (Å²) in [6.45, 7) is 4.90. The smallest absolute Gasteiger partial charge is 0.346 e. The molecule has 0 aliphatic heterocycles. The molecule has 90 valence electrons. The lowest BCUT2D eigenvalue weighted by Crippen LogP contribution is -2.54. The minimum atomic E-state index is -4.62. The molecule has 0 fully saturated rings. The van der Waals surface area contributed by atoms with Crippen LogP contribution in [0, 0.1) is 0 Å². The molecular weight excluding hydrogens is 214 g/mol. The van der Waals surface area contributed by atoms with Crippen molar-refractivity contribution in [1.82, 2.24) is 5.32 Å². The highest BCUT2D eigenvalue weighted by Crippen LogP contribution is 2.25. The molecule has 0 saturated carbocycles. The van der Waals surface area contributed by atoms with Crippen molar-refractivity contribution in [1.29, 1.82) is 0 Å². The van der Waals surface area contributed by atoms with E-state index < -0.39 is 23.8 Å². The Kier molecular flexibility index (Phi) is 4.55. The van der Waals surface area contributed by atoms with Crippen LogP contribution in [0.5, 0.6) is 0 Å². The number of rotatable bonds is 5. The fourth-order valence-corrected chi connectivity index (χ4v) is 0.883. The normalized spacial score (nSPS) is 13.1.